The molecule has 3 rings (SSSR count). The van der Waals surface area contributed by atoms with Crippen LogP contribution < -0.4 is 5.32 Å². The van der Waals surface area contributed by atoms with Crippen LogP contribution in [0.15, 0.2) is 47.4 Å². The number of nitriles is 1. The molecule has 1 N–H and O–H groups in total. The van der Waals surface area contributed by atoms with E-state index in [9.17, 15) is 0 Å². The van der Waals surface area contributed by atoms with Gasteiger partial charge in [-0.2, -0.15) is 0 Å². The van der Waals surface area contributed by atoms with E-state index in [4.69, 9.17) is 16.9 Å². The average molecular weight is 294 g/mol. The number of nitrogens with zero attached hydrogens (tertiary/aromatic N) is 4. The molecule has 2 heterocycles. The Labute approximate surface area is 127 Å². The van der Waals surface area contributed by atoms with E-state index >= 15 is 0 Å². The monoisotopic (exact) mass is 293 g/mol. The van der Waals surface area contributed by atoms with E-state index < -0.39 is 0 Å². The first-order valence-corrected chi connectivity index (χ1v) is 6.63. The summed E-state index contributed by atoms with van der Waals surface area (Å²) < 4.78 is 0. The molecule has 0 atom stereocenters. The summed E-state index contributed by atoms with van der Waals surface area (Å²) in [6.45, 7) is -0.374. The van der Waals surface area contributed by atoms with E-state index in [2.05, 4.69) is 26.2 Å². The van der Waals surface area contributed by atoms with Crippen LogP contribution in [0.2, 0.25) is 5.28 Å². The van der Waals surface area contributed by atoms with Gasteiger partial charge in [-0.25, -0.2) is 15.2 Å². The Bertz CT molecular complexity index is 764. The Morgan fingerprint density at radius 2 is 2.00 bits per heavy atom. The van der Waals surface area contributed by atoms with Gasteiger partial charge in [0.25, 0.3) is 0 Å². The van der Waals surface area contributed by atoms with E-state index in [1.54, 1.807) is 18.5 Å². The minimum absolute atomic E-state index is 0.200. The van der Waals surface area contributed by atoms with Crippen molar-refractivity contribution in [3.63, 3.8) is 0 Å². The molecular weight excluding hydrogens is 284 g/mol. The van der Waals surface area contributed by atoms with Crippen molar-refractivity contribution in [2.75, 3.05) is 5.32 Å². The molecule has 0 amide bonds. The zero-order valence-corrected chi connectivity index (χ0v) is 11.6. The molecule has 0 bridgehead atoms. The van der Waals surface area contributed by atoms with Crippen LogP contribution in [0, 0.1) is 11.2 Å². The molecule has 1 aromatic carbocycles. The van der Waals surface area contributed by atoms with E-state index in [0.29, 0.717) is 5.82 Å². The molecule has 0 spiro atoms. The molecular formula is C14H9BClN5. The molecule has 21 heavy (non-hydrogen) atoms. The molecule has 0 unspecified atom stereocenters. The SMILES string of the molecule is N#CB1C=C(c2ccc(Nc3ccnc(Cl)n3)cc2)C=N1. The highest BCUT2D eigenvalue weighted by Crippen LogP contribution is 2.21. The lowest BCUT2D eigenvalue weighted by molar-refractivity contribution is 1.17. The van der Waals surface area contributed by atoms with Crippen LogP contribution in [-0.2, 0) is 0 Å². The maximum Gasteiger partial charge on any atom is 0.422 e. The van der Waals surface area contributed by atoms with Crippen molar-refractivity contribution in [1.29, 1.82) is 5.26 Å². The Morgan fingerprint density at radius 3 is 2.67 bits per heavy atom. The Morgan fingerprint density at radius 1 is 1.19 bits per heavy atom. The number of rotatable bonds is 3. The van der Waals surface area contributed by atoms with Crippen molar-refractivity contribution >= 4 is 41.7 Å². The number of hydrogen-bond acceptors (Lipinski definition) is 5. The van der Waals surface area contributed by atoms with Crippen molar-refractivity contribution < 1.29 is 0 Å². The number of aromatic nitrogens is 2. The minimum Gasteiger partial charge on any atom is -0.340 e. The number of allylic oxidation sites excluding steroid dienone is 1. The maximum absolute atomic E-state index is 8.82. The van der Waals surface area contributed by atoms with Gasteiger partial charge in [-0.15, -0.1) is 0 Å². The number of halogens is 1. The molecule has 1 aliphatic heterocycles. The van der Waals surface area contributed by atoms with Crippen molar-refractivity contribution in [3.05, 3.63) is 53.4 Å². The second-order valence-electron chi connectivity index (χ2n) is 4.39. The van der Waals surface area contributed by atoms with Crippen molar-refractivity contribution in [2.45, 2.75) is 0 Å². The largest absolute Gasteiger partial charge is 0.422 e. The summed E-state index contributed by atoms with van der Waals surface area (Å²) in [7, 11) is 0. The predicted molar refractivity (Wildman–Crippen MR) is 84.6 cm³/mol. The molecule has 2 aromatic rings. The van der Waals surface area contributed by atoms with Crippen molar-refractivity contribution in [2.24, 2.45) is 4.90 Å². The zero-order valence-electron chi connectivity index (χ0n) is 10.9. The van der Waals surface area contributed by atoms with Crippen LogP contribution >= 0.6 is 11.6 Å². The number of anilines is 2. The van der Waals surface area contributed by atoms with Gasteiger partial charge >= 0.3 is 6.85 Å². The van der Waals surface area contributed by atoms with Gasteiger partial charge in [0.1, 0.15) is 5.82 Å². The fourth-order valence-electron chi connectivity index (χ4n) is 1.96. The maximum atomic E-state index is 8.82. The van der Waals surface area contributed by atoms with Gasteiger partial charge in [0.05, 0.1) is 0 Å². The summed E-state index contributed by atoms with van der Waals surface area (Å²) in [5.41, 5.74) is 2.86. The zero-order chi connectivity index (χ0) is 14.7. The fourth-order valence-corrected chi connectivity index (χ4v) is 2.10. The average Bonchev–Trinajstić information content (AvgIpc) is 2.97. The van der Waals surface area contributed by atoms with Gasteiger partial charge in [0, 0.05) is 24.1 Å². The molecule has 7 heteroatoms. The van der Waals surface area contributed by atoms with Crippen LogP contribution in [0.4, 0.5) is 11.5 Å². The highest BCUT2D eigenvalue weighted by Gasteiger charge is 2.16. The second-order valence-corrected chi connectivity index (χ2v) is 4.73. The molecule has 0 aliphatic carbocycles. The van der Waals surface area contributed by atoms with Crippen LogP contribution in [0.1, 0.15) is 5.56 Å². The van der Waals surface area contributed by atoms with Gasteiger partial charge < -0.3 is 10.2 Å². The highest BCUT2D eigenvalue weighted by molar-refractivity contribution is 6.75. The lowest BCUT2D eigenvalue weighted by Crippen LogP contribution is -1.97. The number of hydrogen-bond donors (Lipinski definition) is 1. The normalized spacial score (nSPS) is 13.0. The van der Waals surface area contributed by atoms with Crippen LogP contribution in [0.5, 0.6) is 0 Å². The standard InChI is InChI=1S/C14H9BClN5/c16-14-18-6-5-13(21-14)20-12-3-1-10(2-4-12)11-7-15(9-17)19-8-11/h1-8H,(H,18,20,21). The predicted octanol–water partition coefficient (Wildman–Crippen LogP) is 2.93. The lowest BCUT2D eigenvalue weighted by atomic mass is 9.66. The quantitative estimate of drug-likeness (QED) is 0.697. The molecule has 0 fully saturated rings. The third-order valence-electron chi connectivity index (χ3n) is 2.96. The first-order chi connectivity index (χ1) is 10.2. The smallest absolute Gasteiger partial charge is 0.340 e. The van der Waals surface area contributed by atoms with E-state index in [-0.39, 0.29) is 12.1 Å². The van der Waals surface area contributed by atoms with Gasteiger partial charge in [0.15, 0.2) is 0 Å². The Hall–Kier alpha value is -2.65. The summed E-state index contributed by atoms with van der Waals surface area (Å²) in [6, 6.07) is 9.52. The van der Waals surface area contributed by atoms with Crippen molar-refractivity contribution in [3.8, 4) is 5.97 Å². The molecule has 0 radical (unpaired) electrons. The van der Waals surface area contributed by atoms with Crippen LogP contribution in [-0.4, -0.2) is 23.0 Å². The van der Waals surface area contributed by atoms with E-state index in [1.165, 1.54) is 0 Å². The number of nitrogens with one attached hydrogen (secondary N) is 1. The summed E-state index contributed by atoms with van der Waals surface area (Å²) in [4.78, 5) is 12.0. The number of benzene rings is 1. The third-order valence-corrected chi connectivity index (χ3v) is 3.14. The lowest BCUT2D eigenvalue weighted by Gasteiger charge is -2.06. The first kappa shape index (κ1) is 13.3. The summed E-state index contributed by atoms with van der Waals surface area (Å²) in [5.74, 6) is 4.57. The fraction of sp³-hybridized carbons (Fsp3) is 0. The molecule has 5 nitrogen and oxygen atoms in total. The molecule has 0 saturated carbocycles. The first-order valence-electron chi connectivity index (χ1n) is 6.25. The second kappa shape index (κ2) is 5.77. The highest BCUT2D eigenvalue weighted by atomic mass is 35.5. The Kier molecular flexibility index (Phi) is 3.67. The molecule has 1 aliphatic rings. The van der Waals surface area contributed by atoms with E-state index in [0.717, 1.165) is 16.8 Å². The third kappa shape index (κ3) is 3.10. The summed E-state index contributed by atoms with van der Waals surface area (Å²) in [5, 5.41) is 12.2. The Balaban J connectivity index is 1.76. The summed E-state index contributed by atoms with van der Waals surface area (Å²) in [6.07, 6.45) is 3.31. The van der Waals surface area contributed by atoms with Crippen LogP contribution in [0.25, 0.3) is 5.57 Å². The van der Waals surface area contributed by atoms with Gasteiger partial charge in [0.2, 0.25) is 5.28 Å². The molecule has 1 aromatic heterocycles. The minimum atomic E-state index is -0.374. The van der Waals surface area contributed by atoms with Gasteiger partial charge in [-0.3, -0.25) is 0 Å². The molecule has 100 valence electrons. The van der Waals surface area contributed by atoms with Crippen LogP contribution in [0.3, 0.4) is 0 Å². The van der Waals surface area contributed by atoms with Gasteiger partial charge in [-0.1, -0.05) is 18.1 Å². The van der Waals surface area contributed by atoms with Gasteiger partial charge in [-0.05, 0) is 40.9 Å². The topological polar surface area (TPSA) is 74.0 Å². The van der Waals surface area contributed by atoms with Crippen molar-refractivity contribution in [1.82, 2.24) is 9.97 Å². The van der Waals surface area contributed by atoms with E-state index in [1.807, 2.05) is 30.2 Å². The summed E-state index contributed by atoms with van der Waals surface area (Å²) >= 11 is 5.74. The molecule has 0 saturated heterocycles.